The summed E-state index contributed by atoms with van der Waals surface area (Å²) in [4.78, 5) is 18.3. The molecule has 0 N–H and O–H groups in total. The Bertz CT molecular complexity index is 961. The van der Waals surface area contributed by atoms with E-state index in [9.17, 15) is 0 Å². The summed E-state index contributed by atoms with van der Waals surface area (Å²) in [7, 11) is 4.35. The molecule has 3 aromatic rings. The van der Waals surface area contributed by atoms with E-state index in [2.05, 4.69) is 33.9 Å². The van der Waals surface area contributed by atoms with Crippen molar-refractivity contribution < 1.29 is 9.15 Å². The third-order valence-electron chi connectivity index (χ3n) is 6.54. The van der Waals surface area contributed by atoms with E-state index in [1.165, 1.54) is 29.7 Å². The van der Waals surface area contributed by atoms with Gasteiger partial charge < -0.3 is 14.1 Å². The first-order chi connectivity index (χ1) is 14.2. The van der Waals surface area contributed by atoms with Gasteiger partial charge in [-0.1, -0.05) is 0 Å². The van der Waals surface area contributed by atoms with Crippen LogP contribution < -0.4 is 4.74 Å². The number of oxazole rings is 1. The van der Waals surface area contributed by atoms with Crippen molar-refractivity contribution in [2.24, 2.45) is 0 Å². The Morgan fingerprint density at radius 1 is 1.14 bits per heavy atom. The van der Waals surface area contributed by atoms with Crippen molar-refractivity contribution in [3.8, 4) is 5.88 Å². The van der Waals surface area contributed by atoms with Crippen LogP contribution in [0.15, 0.2) is 23.2 Å². The number of aromatic nitrogens is 3. The number of rotatable bonds is 6. The second-order valence-electron chi connectivity index (χ2n) is 8.51. The number of hydrogen-bond donors (Lipinski definition) is 0. The van der Waals surface area contributed by atoms with E-state index in [0.29, 0.717) is 12.0 Å². The molecule has 154 valence electrons. The molecule has 2 aliphatic rings. The number of nitrogens with zero attached hydrogens (tertiary/aromatic N) is 4. The molecule has 0 aliphatic heterocycles. The molecule has 1 fully saturated rings. The molecule has 7 heteroatoms. The maximum Gasteiger partial charge on any atom is 0.225 e. The molecular weight excluding hydrogens is 384 g/mol. The van der Waals surface area contributed by atoms with Crippen LogP contribution in [0.3, 0.4) is 0 Å². The first kappa shape index (κ1) is 19.0. The minimum absolute atomic E-state index is 0.257. The third-order valence-corrected chi connectivity index (χ3v) is 7.71. The van der Waals surface area contributed by atoms with Crippen molar-refractivity contribution in [1.29, 1.82) is 0 Å². The fraction of sp³-hybridized carbons (Fsp3) is 0.591. The zero-order valence-electron chi connectivity index (χ0n) is 17.1. The standard InChI is InChI=1S/C22H28N4O2S/c1-26(2)15-5-7-16(8-6-15)28-21-20-19-14(4-10-18-23-11-12-27-18)3-9-17(19)29-22(20)25-13-24-21/h11-16H,3-10H2,1-2H3/t14-,15-,16-/m1/s1. The molecule has 1 atom stereocenters. The van der Waals surface area contributed by atoms with Gasteiger partial charge in [0.25, 0.3) is 0 Å². The lowest BCUT2D eigenvalue weighted by Crippen LogP contribution is -2.35. The highest BCUT2D eigenvalue weighted by Gasteiger charge is 2.31. The molecule has 0 spiro atoms. The number of ether oxygens (including phenoxy) is 1. The molecule has 2 aliphatic carbocycles. The fourth-order valence-electron chi connectivity index (χ4n) is 4.93. The molecule has 3 heterocycles. The van der Waals surface area contributed by atoms with E-state index in [-0.39, 0.29) is 6.10 Å². The number of hydrogen-bond acceptors (Lipinski definition) is 7. The molecule has 0 amide bonds. The van der Waals surface area contributed by atoms with Crippen molar-refractivity contribution >= 4 is 21.6 Å². The quantitative estimate of drug-likeness (QED) is 0.590. The van der Waals surface area contributed by atoms with E-state index >= 15 is 0 Å². The normalized spacial score (nSPS) is 24.3. The average molecular weight is 413 g/mol. The lowest BCUT2D eigenvalue weighted by molar-refractivity contribution is 0.108. The summed E-state index contributed by atoms with van der Waals surface area (Å²) < 4.78 is 11.9. The minimum Gasteiger partial charge on any atom is -0.474 e. The summed E-state index contributed by atoms with van der Waals surface area (Å²) in [6.45, 7) is 0. The lowest BCUT2D eigenvalue weighted by atomic mass is 9.92. The van der Waals surface area contributed by atoms with Crippen LogP contribution >= 0.6 is 11.3 Å². The summed E-state index contributed by atoms with van der Waals surface area (Å²) >= 11 is 1.82. The molecule has 5 rings (SSSR count). The van der Waals surface area contributed by atoms with Gasteiger partial charge in [0, 0.05) is 17.3 Å². The van der Waals surface area contributed by atoms with Crippen LogP contribution in [-0.2, 0) is 12.8 Å². The largest absolute Gasteiger partial charge is 0.474 e. The second kappa shape index (κ2) is 8.03. The summed E-state index contributed by atoms with van der Waals surface area (Å²) in [5.74, 6) is 2.12. The van der Waals surface area contributed by atoms with Gasteiger partial charge in [-0.25, -0.2) is 15.0 Å². The Morgan fingerprint density at radius 2 is 2.00 bits per heavy atom. The molecule has 29 heavy (non-hydrogen) atoms. The van der Waals surface area contributed by atoms with Crippen molar-refractivity contribution in [1.82, 2.24) is 19.9 Å². The molecule has 1 saturated carbocycles. The summed E-state index contributed by atoms with van der Waals surface area (Å²) in [6, 6.07) is 0.672. The first-order valence-electron chi connectivity index (χ1n) is 10.7. The highest BCUT2D eigenvalue weighted by atomic mass is 32.1. The second-order valence-corrected chi connectivity index (χ2v) is 9.59. The Hall–Kier alpha value is -1.99. The van der Waals surface area contributed by atoms with Gasteiger partial charge in [-0.2, -0.15) is 0 Å². The van der Waals surface area contributed by atoms with E-state index in [1.54, 1.807) is 18.8 Å². The lowest BCUT2D eigenvalue weighted by Gasteiger charge is -2.32. The average Bonchev–Trinajstić information content (AvgIpc) is 3.44. The third kappa shape index (κ3) is 3.78. The van der Waals surface area contributed by atoms with Gasteiger partial charge >= 0.3 is 0 Å². The summed E-state index contributed by atoms with van der Waals surface area (Å²) in [5.41, 5.74) is 1.43. The zero-order valence-corrected chi connectivity index (χ0v) is 18.0. The van der Waals surface area contributed by atoms with Gasteiger partial charge in [-0.15, -0.1) is 11.3 Å². The van der Waals surface area contributed by atoms with E-state index in [4.69, 9.17) is 9.15 Å². The predicted molar refractivity (Wildman–Crippen MR) is 114 cm³/mol. The van der Waals surface area contributed by atoms with Crippen molar-refractivity contribution in [3.63, 3.8) is 0 Å². The van der Waals surface area contributed by atoms with Crippen molar-refractivity contribution in [3.05, 3.63) is 35.1 Å². The van der Waals surface area contributed by atoms with Crippen LogP contribution in [0.4, 0.5) is 0 Å². The smallest absolute Gasteiger partial charge is 0.225 e. The highest BCUT2D eigenvalue weighted by Crippen LogP contribution is 2.47. The summed E-state index contributed by atoms with van der Waals surface area (Å²) in [6.07, 6.45) is 14.1. The Morgan fingerprint density at radius 3 is 2.76 bits per heavy atom. The van der Waals surface area contributed by atoms with Gasteiger partial charge in [0.05, 0.1) is 11.6 Å². The van der Waals surface area contributed by atoms with Crippen LogP contribution in [0.25, 0.3) is 10.2 Å². The Balaban J connectivity index is 1.37. The maximum absolute atomic E-state index is 6.49. The Kier molecular flexibility index (Phi) is 5.26. The SMILES string of the molecule is CN(C)[C@H]1CC[C@H](Oc2ncnc3sc4c(c23)[C@@H](CCc2ncco2)CC4)CC1. The van der Waals surface area contributed by atoms with Crippen LogP contribution in [-0.4, -0.2) is 46.1 Å². The molecule has 6 nitrogen and oxygen atoms in total. The maximum atomic E-state index is 6.49. The van der Waals surface area contributed by atoms with Gasteiger partial charge in [0.1, 0.15) is 23.5 Å². The monoisotopic (exact) mass is 412 g/mol. The zero-order chi connectivity index (χ0) is 19.8. The van der Waals surface area contributed by atoms with Gasteiger partial charge in [0.2, 0.25) is 5.88 Å². The van der Waals surface area contributed by atoms with E-state index in [0.717, 1.165) is 54.1 Å². The molecule has 0 bridgehead atoms. The molecule has 0 saturated heterocycles. The summed E-state index contributed by atoms with van der Waals surface area (Å²) in [5, 5.41) is 1.16. The predicted octanol–water partition coefficient (Wildman–Crippen LogP) is 4.59. The molecule has 0 aromatic carbocycles. The highest BCUT2D eigenvalue weighted by molar-refractivity contribution is 7.19. The Labute approximate surface area is 175 Å². The van der Waals surface area contributed by atoms with Crippen LogP contribution in [0.1, 0.15) is 60.8 Å². The number of fused-ring (bicyclic) bond motifs is 3. The fourth-order valence-corrected chi connectivity index (χ4v) is 6.16. The minimum atomic E-state index is 0.257. The molecule has 3 aromatic heterocycles. The van der Waals surface area contributed by atoms with Gasteiger partial charge in [-0.3, -0.25) is 0 Å². The molecule has 0 radical (unpaired) electrons. The van der Waals surface area contributed by atoms with Crippen LogP contribution in [0, 0.1) is 0 Å². The topological polar surface area (TPSA) is 64.3 Å². The molecule has 0 unspecified atom stereocenters. The van der Waals surface area contributed by atoms with Crippen LogP contribution in [0.5, 0.6) is 5.88 Å². The van der Waals surface area contributed by atoms with E-state index in [1.807, 2.05) is 11.3 Å². The van der Waals surface area contributed by atoms with Crippen molar-refractivity contribution in [2.45, 2.75) is 69.4 Å². The number of thiophene rings is 1. The molecular formula is C22H28N4O2S. The van der Waals surface area contributed by atoms with Gasteiger partial charge in [-0.05, 0) is 70.5 Å². The van der Waals surface area contributed by atoms with Crippen LogP contribution in [0.2, 0.25) is 0 Å². The number of aryl methyl sites for hydroxylation is 2. The van der Waals surface area contributed by atoms with Gasteiger partial charge in [0.15, 0.2) is 5.89 Å². The van der Waals surface area contributed by atoms with Crippen molar-refractivity contribution in [2.75, 3.05) is 14.1 Å². The first-order valence-corrected chi connectivity index (χ1v) is 11.5. The van der Waals surface area contributed by atoms with E-state index < -0.39 is 0 Å².